The van der Waals surface area contributed by atoms with Crippen LogP contribution in [0, 0.1) is 17.5 Å². The smallest absolute Gasteiger partial charge is 0.130 e. The van der Waals surface area contributed by atoms with Crippen LogP contribution in [0.15, 0.2) is 40.9 Å². The number of halogens is 4. The average molecular weight is 358 g/mol. The van der Waals surface area contributed by atoms with Crippen LogP contribution in [0.25, 0.3) is 0 Å². The Morgan fingerprint density at radius 3 is 2.38 bits per heavy atom. The van der Waals surface area contributed by atoms with E-state index in [-0.39, 0.29) is 11.9 Å². The molecule has 1 atom stereocenters. The summed E-state index contributed by atoms with van der Waals surface area (Å²) in [5.41, 5.74) is 1.10. The first kappa shape index (κ1) is 16.0. The summed E-state index contributed by atoms with van der Waals surface area (Å²) in [4.78, 5) is 0. The molecule has 0 aliphatic heterocycles. The lowest BCUT2D eigenvalue weighted by Gasteiger charge is -2.20. The Labute approximate surface area is 130 Å². The highest BCUT2D eigenvalue weighted by molar-refractivity contribution is 9.10. The van der Waals surface area contributed by atoms with Gasteiger partial charge in [-0.2, -0.15) is 0 Å². The fourth-order valence-electron chi connectivity index (χ4n) is 2.24. The standard InChI is InChI=1S/C16H15BrF3N/c1-2-21-16(13-5-3-12(19)9-15(13)20)8-10-7-11(18)4-6-14(10)17/h3-7,9,16,21H,2,8H2,1H3. The highest BCUT2D eigenvalue weighted by Gasteiger charge is 2.17. The van der Waals surface area contributed by atoms with Crippen molar-refractivity contribution in [3.63, 3.8) is 0 Å². The zero-order chi connectivity index (χ0) is 15.4. The van der Waals surface area contributed by atoms with Crippen LogP contribution < -0.4 is 5.32 Å². The van der Waals surface area contributed by atoms with Crippen molar-refractivity contribution in [2.75, 3.05) is 6.54 Å². The average Bonchev–Trinajstić information content (AvgIpc) is 2.42. The van der Waals surface area contributed by atoms with Crippen LogP contribution in [0.4, 0.5) is 13.2 Å². The second-order valence-corrected chi connectivity index (χ2v) is 5.57. The molecule has 0 radical (unpaired) electrons. The van der Waals surface area contributed by atoms with Crippen molar-refractivity contribution in [2.45, 2.75) is 19.4 Å². The van der Waals surface area contributed by atoms with Crippen molar-refractivity contribution in [2.24, 2.45) is 0 Å². The molecule has 0 spiro atoms. The van der Waals surface area contributed by atoms with Crippen LogP contribution in [0.1, 0.15) is 24.1 Å². The minimum absolute atomic E-state index is 0.344. The third-order valence-corrected chi connectivity index (χ3v) is 3.99. The molecule has 1 N–H and O–H groups in total. The zero-order valence-corrected chi connectivity index (χ0v) is 13.1. The quantitative estimate of drug-likeness (QED) is 0.813. The third-order valence-electron chi connectivity index (χ3n) is 3.22. The van der Waals surface area contributed by atoms with E-state index in [0.717, 1.165) is 16.1 Å². The molecule has 2 aromatic carbocycles. The van der Waals surface area contributed by atoms with Gasteiger partial charge in [0.25, 0.3) is 0 Å². The lowest BCUT2D eigenvalue weighted by Crippen LogP contribution is -2.24. The first-order valence-electron chi connectivity index (χ1n) is 6.63. The Balaban J connectivity index is 2.32. The summed E-state index contributed by atoms with van der Waals surface area (Å²) in [5.74, 6) is -1.56. The minimum atomic E-state index is -0.613. The number of rotatable bonds is 5. The second-order valence-electron chi connectivity index (χ2n) is 4.72. The number of benzene rings is 2. The van der Waals surface area contributed by atoms with Gasteiger partial charge in [-0.3, -0.25) is 0 Å². The highest BCUT2D eigenvalue weighted by Crippen LogP contribution is 2.26. The fraction of sp³-hybridized carbons (Fsp3) is 0.250. The van der Waals surface area contributed by atoms with Gasteiger partial charge < -0.3 is 5.32 Å². The molecule has 0 aliphatic carbocycles. The summed E-state index contributed by atoms with van der Waals surface area (Å²) in [6, 6.07) is 7.54. The van der Waals surface area contributed by atoms with E-state index in [1.807, 2.05) is 6.92 Å². The largest absolute Gasteiger partial charge is 0.310 e. The molecule has 0 bridgehead atoms. The molecule has 21 heavy (non-hydrogen) atoms. The SMILES string of the molecule is CCNC(Cc1cc(F)ccc1Br)c1ccc(F)cc1F. The van der Waals surface area contributed by atoms with E-state index in [4.69, 9.17) is 0 Å². The molecule has 1 unspecified atom stereocenters. The molecule has 2 aromatic rings. The maximum Gasteiger partial charge on any atom is 0.130 e. The molecule has 5 heteroatoms. The molecule has 0 aliphatic rings. The van der Waals surface area contributed by atoms with Gasteiger partial charge in [-0.1, -0.05) is 28.9 Å². The summed E-state index contributed by atoms with van der Waals surface area (Å²) in [5, 5.41) is 3.15. The maximum absolute atomic E-state index is 13.9. The highest BCUT2D eigenvalue weighted by atomic mass is 79.9. The Kier molecular flexibility index (Phi) is 5.42. The summed E-state index contributed by atoms with van der Waals surface area (Å²) in [6.45, 7) is 2.52. The molecular weight excluding hydrogens is 343 g/mol. The summed E-state index contributed by atoms with van der Waals surface area (Å²) in [6.07, 6.45) is 0.398. The van der Waals surface area contributed by atoms with Gasteiger partial charge in [-0.05, 0) is 42.8 Å². The summed E-state index contributed by atoms with van der Waals surface area (Å²) in [7, 11) is 0. The lowest BCUT2D eigenvalue weighted by atomic mass is 9.98. The molecule has 112 valence electrons. The van der Waals surface area contributed by atoms with E-state index >= 15 is 0 Å². The van der Waals surface area contributed by atoms with E-state index in [1.54, 1.807) is 6.07 Å². The number of hydrogen-bond donors (Lipinski definition) is 1. The third kappa shape index (κ3) is 4.08. The molecule has 2 rings (SSSR count). The van der Waals surface area contributed by atoms with Crippen molar-refractivity contribution >= 4 is 15.9 Å². The van der Waals surface area contributed by atoms with Gasteiger partial charge in [0.05, 0.1) is 0 Å². The first-order valence-corrected chi connectivity index (χ1v) is 7.42. The van der Waals surface area contributed by atoms with E-state index in [2.05, 4.69) is 21.2 Å². The molecule has 0 saturated carbocycles. The van der Waals surface area contributed by atoms with Crippen molar-refractivity contribution in [1.82, 2.24) is 5.32 Å². The summed E-state index contributed by atoms with van der Waals surface area (Å²) < 4.78 is 41.1. The van der Waals surface area contributed by atoms with Crippen molar-refractivity contribution in [3.8, 4) is 0 Å². The van der Waals surface area contributed by atoms with Crippen LogP contribution in [-0.2, 0) is 6.42 Å². The predicted molar refractivity (Wildman–Crippen MR) is 80.6 cm³/mol. The topological polar surface area (TPSA) is 12.0 Å². The Bertz CT molecular complexity index is 631. The van der Waals surface area contributed by atoms with E-state index < -0.39 is 11.6 Å². The predicted octanol–water partition coefficient (Wildman–Crippen LogP) is 4.76. The van der Waals surface area contributed by atoms with Gasteiger partial charge in [-0.25, -0.2) is 13.2 Å². The molecule has 0 fully saturated rings. The molecular formula is C16H15BrF3N. The van der Waals surface area contributed by atoms with Gasteiger partial charge in [-0.15, -0.1) is 0 Å². The van der Waals surface area contributed by atoms with Crippen LogP contribution in [0.5, 0.6) is 0 Å². The molecule has 0 saturated heterocycles. The normalized spacial score (nSPS) is 12.4. The van der Waals surface area contributed by atoms with Gasteiger partial charge in [0.2, 0.25) is 0 Å². The summed E-state index contributed by atoms with van der Waals surface area (Å²) >= 11 is 3.36. The first-order chi connectivity index (χ1) is 10.0. The number of nitrogens with one attached hydrogen (secondary N) is 1. The van der Waals surface area contributed by atoms with E-state index in [9.17, 15) is 13.2 Å². The van der Waals surface area contributed by atoms with Crippen molar-refractivity contribution in [1.29, 1.82) is 0 Å². The van der Waals surface area contributed by atoms with Crippen molar-refractivity contribution < 1.29 is 13.2 Å². The Hall–Kier alpha value is -1.33. The number of likely N-dealkylation sites (N-methyl/N-ethyl adjacent to an activating group) is 1. The lowest BCUT2D eigenvalue weighted by molar-refractivity contribution is 0.500. The second kappa shape index (κ2) is 7.09. The minimum Gasteiger partial charge on any atom is -0.310 e. The number of hydrogen-bond acceptors (Lipinski definition) is 1. The Morgan fingerprint density at radius 1 is 1.05 bits per heavy atom. The van der Waals surface area contributed by atoms with Gasteiger partial charge in [0.15, 0.2) is 0 Å². The zero-order valence-electron chi connectivity index (χ0n) is 11.5. The van der Waals surface area contributed by atoms with Crippen LogP contribution in [-0.4, -0.2) is 6.54 Å². The van der Waals surface area contributed by atoms with E-state index in [1.165, 1.54) is 24.3 Å². The van der Waals surface area contributed by atoms with Gasteiger partial charge >= 0.3 is 0 Å². The fourth-order valence-corrected chi connectivity index (χ4v) is 2.65. The molecule has 0 aromatic heterocycles. The molecule has 0 amide bonds. The Morgan fingerprint density at radius 2 is 1.71 bits per heavy atom. The van der Waals surface area contributed by atoms with Crippen molar-refractivity contribution in [3.05, 3.63) is 69.4 Å². The van der Waals surface area contributed by atoms with Gasteiger partial charge in [0.1, 0.15) is 17.5 Å². The van der Waals surface area contributed by atoms with E-state index in [0.29, 0.717) is 18.5 Å². The van der Waals surface area contributed by atoms with Crippen LogP contribution in [0.2, 0.25) is 0 Å². The maximum atomic E-state index is 13.9. The van der Waals surface area contributed by atoms with Crippen LogP contribution >= 0.6 is 15.9 Å². The molecule has 1 nitrogen and oxygen atoms in total. The van der Waals surface area contributed by atoms with Crippen LogP contribution in [0.3, 0.4) is 0 Å². The van der Waals surface area contributed by atoms with Gasteiger partial charge in [0, 0.05) is 22.1 Å². The monoisotopic (exact) mass is 357 g/mol. The molecule has 0 heterocycles.